The first-order chi connectivity index (χ1) is 4.66. The van der Waals surface area contributed by atoms with Gasteiger partial charge in [0.25, 0.3) is 0 Å². The van der Waals surface area contributed by atoms with E-state index in [1.807, 2.05) is 0 Å². The third kappa shape index (κ3) is 5.35. The Morgan fingerprint density at radius 1 is 1.60 bits per heavy atom. The average Bonchev–Trinajstić information content (AvgIpc) is 1.87. The second kappa shape index (κ2) is 5.03. The summed E-state index contributed by atoms with van der Waals surface area (Å²) in [6, 6.07) is 0. The predicted molar refractivity (Wildman–Crippen MR) is 42.7 cm³/mol. The van der Waals surface area contributed by atoms with Crippen molar-refractivity contribution in [3.8, 4) is 0 Å². The van der Waals surface area contributed by atoms with Gasteiger partial charge in [-0.15, -0.1) is 0 Å². The lowest BCUT2D eigenvalue weighted by Crippen LogP contribution is -2.20. The molecule has 0 aromatic rings. The molecule has 0 atom stereocenters. The lowest BCUT2D eigenvalue weighted by atomic mass is 10.2. The van der Waals surface area contributed by atoms with Crippen LogP contribution in [0.1, 0.15) is 26.7 Å². The van der Waals surface area contributed by atoms with Crippen molar-refractivity contribution in [2.45, 2.75) is 26.7 Å². The van der Waals surface area contributed by atoms with E-state index < -0.39 is 0 Å². The highest BCUT2D eigenvalue weighted by atomic mass is 16.1. The molecule has 0 aliphatic rings. The van der Waals surface area contributed by atoms with Gasteiger partial charge in [0, 0.05) is 13.5 Å². The highest BCUT2D eigenvalue weighted by Crippen LogP contribution is 1.99. The van der Waals surface area contributed by atoms with Gasteiger partial charge in [0.1, 0.15) is 0 Å². The largest absolute Gasteiger partial charge is 0.356 e. The zero-order valence-electron chi connectivity index (χ0n) is 6.74. The molecule has 2 heteroatoms. The van der Waals surface area contributed by atoms with Crippen LogP contribution in [0.15, 0.2) is 12.2 Å². The first kappa shape index (κ1) is 9.21. The van der Waals surface area contributed by atoms with Crippen LogP contribution in [0.2, 0.25) is 0 Å². The van der Waals surface area contributed by atoms with Crippen LogP contribution >= 0.6 is 0 Å². The fourth-order valence-corrected chi connectivity index (χ4v) is 0.592. The van der Waals surface area contributed by atoms with Crippen molar-refractivity contribution < 1.29 is 4.79 Å². The SMILES string of the molecule is C=C(CC)CCNC(C)=O. The average molecular weight is 141 g/mol. The number of carbonyl (C=O) groups excluding carboxylic acids is 1. The maximum atomic E-state index is 10.4. The standard InChI is InChI=1S/C8H15NO/c1-4-7(2)5-6-9-8(3)10/h2,4-6H2,1,3H3,(H,9,10). The highest BCUT2D eigenvalue weighted by Gasteiger charge is 1.91. The zero-order chi connectivity index (χ0) is 7.98. The van der Waals surface area contributed by atoms with Gasteiger partial charge in [0.2, 0.25) is 5.91 Å². The molecule has 0 unspecified atom stereocenters. The third-order valence-corrected chi connectivity index (χ3v) is 1.35. The molecule has 0 bridgehead atoms. The molecule has 0 radical (unpaired) electrons. The smallest absolute Gasteiger partial charge is 0.216 e. The van der Waals surface area contributed by atoms with Gasteiger partial charge in [-0.3, -0.25) is 4.79 Å². The molecule has 0 heterocycles. The van der Waals surface area contributed by atoms with E-state index in [4.69, 9.17) is 0 Å². The van der Waals surface area contributed by atoms with E-state index in [0.717, 1.165) is 19.4 Å². The summed E-state index contributed by atoms with van der Waals surface area (Å²) in [4.78, 5) is 10.4. The quantitative estimate of drug-likeness (QED) is 0.590. The van der Waals surface area contributed by atoms with Gasteiger partial charge < -0.3 is 5.32 Å². The molecule has 0 rings (SSSR count). The topological polar surface area (TPSA) is 29.1 Å². The molecule has 1 amide bonds. The summed E-state index contributed by atoms with van der Waals surface area (Å²) >= 11 is 0. The van der Waals surface area contributed by atoms with Gasteiger partial charge in [-0.05, 0) is 12.8 Å². The van der Waals surface area contributed by atoms with E-state index >= 15 is 0 Å². The summed E-state index contributed by atoms with van der Waals surface area (Å²) in [6.45, 7) is 8.13. The van der Waals surface area contributed by atoms with Crippen molar-refractivity contribution >= 4 is 5.91 Å². The zero-order valence-corrected chi connectivity index (χ0v) is 6.74. The van der Waals surface area contributed by atoms with Crippen LogP contribution in [0.25, 0.3) is 0 Å². The van der Waals surface area contributed by atoms with Gasteiger partial charge in [0.05, 0.1) is 0 Å². The molecule has 10 heavy (non-hydrogen) atoms. The predicted octanol–water partition coefficient (Wildman–Crippen LogP) is 1.48. The minimum atomic E-state index is 0.0314. The molecular formula is C8H15NO. The van der Waals surface area contributed by atoms with Crippen LogP contribution < -0.4 is 5.32 Å². The first-order valence-corrected chi connectivity index (χ1v) is 3.58. The molecule has 2 nitrogen and oxygen atoms in total. The van der Waals surface area contributed by atoms with E-state index in [1.54, 1.807) is 0 Å². The number of carbonyl (C=O) groups is 1. The van der Waals surface area contributed by atoms with Crippen LogP contribution in [-0.4, -0.2) is 12.5 Å². The Kier molecular flexibility index (Phi) is 4.63. The Bertz CT molecular complexity index is 129. The van der Waals surface area contributed by atoms with Crippen molar-refractivity contribution in [1.29, 1.82) is 0 Å². The van der Waals surface area contributed by atoms with E-state index in [0.29, 0.717) is 0 Å². The number of hydrogen-bond donors (Lipinski definition) is 1. The Morgan fingerprint density at radius 2 is 2.20 bits per heavy atom. The minimum absolute atomic E-state index is 0.0314. The lowest BCUT2D eigenvalue weighted by molar-refractivity contribution is -0.118. The molecule has 0 fully saturated rings. The minimum Gasteiger partial charge on any atom is -0.356 e. The Hall–Kier alpha value is -0.790. The van der Waals surface area contributed by atoms with Gasteiger partial charge in [0.15, 0.2) is 0 Å². The molecule has 0 spiro atoms. The summed E-state index contributed by atoms with van der Waals surface area (Å²) in [5.41, 5.74) is 1.19. The molecule has 0 aromatic carbocycles. The van der Waals surface area contributed by atoms with E-state index in [9.17, 15) is 4.79 Å². The molecular weight excluding hydrogens is 126 g/mol. The Balaban J connectivity index is 3.20. The van der Waals surface area contributed by atoms with Gasteiger partial charge in [-0.25, -0.2) is 0 Å². The van der Waals surface area contributed by atoms with Crippen LogP contribution in [0.3, 0.4) is 0 Å². The van der Waals surface area contributed by atoms with Crippen molar-refractivity contribution in [1.82, 2.24) is 5.32 Å². The van der Waals surface area contributed by atoms with Crippen molar-refractivity contribution in [3.05, 3.63) is 12.2 Å². The molecule has 58 valence electrons. The third-order valence-electron chi connectivity index (χ3n) is 1.35. The van der Waals surface area contributed by atoms with E-state index in [1.165, 1.54) is 12.5 Å². The normalized spacial score (nSPS) is 9.00. The fraction of sp³-hybridized carbons (Fsp3) is 0.625. The molecule has 0 saturated carbocycles. The number of hydrogen-bond acceptors (Lipinski definition) is 1. The van der Waals surface area contributed by atoms with E-state index in [2.05, 4.69) is 18.8 Å². The lowest BCUT2D eigenvalue weighted by Gasteiger charge is -2.01. The van der Waals surface area contributed by atoms with Gasteiger partial charge in [-0.1, -0.05) is 19.1 Å². The summed E-state index contributed by atoms with van der Waals surface area (Å²) in [5, 5.41) is 2.71. The monoisotopic (exact) mass is 141 g/mol. The number of nitrogens with one attached hydrogen (secondary N) is 1. The maximum Gasteiger partial charge on any atom is 0.216 e. The first-order valence-electron chi connectivity index (χ1n) is 3.58. The molecule has 0 saturated heterocycles. The number of amides is 1. The van der Waals surface area contributed by atoms with Crippen LogP contribution in [0, 0.1) is 0 Å². The summed E-state index contributed by atoms with van der Waals surface area (Å²) in [6.07, 6.45) is 1.90. The van der Waals surface area contributed by atoms with Crippen molar-refractivity contribution in [2.24, 2.45) is 0 Å². The second-order valence-electron chi connectivity index (χ2n) is 2.34. The molecule has 0 aliphatic heterocycles. The summed E-state index contributed by atoms with van der Waals surface area (Å²) in [5.74, 6) is 0.0314. The van der Waals surface area contributed by atoms with Crippen molar-refractivity contribution in [3.63, 3.8) is 0 Å². The van der Waals surface area contributed by atoms with Crippen LogP contribution in [-0.2, 0) is 4.79 Å². The van der Waals surface area contributed by atoms with Crippen LogP contribution in [0.4, 0.5) is 0 Å². The summed E-state index contributed by atoms with van der Waals surface area (Å²) < 4.78 is 0. The van der Waals surface area contributed by atoms with E-state index in [-0.39, 0.29) is 5.91 Å². The van der Waals surface area contributed by atoms with Gasteiger partial charge >= 0.3 is 0 Å². The maximum absolute atomic E-state index is 10.4. The summed E-state index contributed by atoms with van der Waals surface area (Å²) in [7, 11) is 0. The fourth-order valence-electron chi connectivity index (χ4n) is 0.592. The molecule has 0 aromatic heterocycles. The molecule has 1 N–H and O–H groups in total. The number of rotatable bonds is 4. The van der Waals surface area contributed by atoms with Crippen molar-refractivity contribution in [2.75, 3.05) is 6.54 Å². The highest BCUT2D eigenvalue weighted by molar-refractivity contribution is 5.72. The second-order valence-corrected chi connectivity index (χ2v) is 2.34. The van der Waals surface area contributed by atoms with Crippen LogP contribution in [0.5, 0.6) is 0 Å². The van der Waals surface area contributed by atoms with Gasteiger partial charge in [-0.2, -0.15) is 0 Å². The molecule has 0 aliphatic carbocycles. The Morgan fingerprint density at radius 3 is 2.60 bits per heavy atom. The Labute approximate surface area is 62.3 Å².